The molecule has 2 rings (SSSR count). The molecule has 0 aliphatic carbocycles. The third-order valence-electron chi connectivity index (χ3n) is 2.58. The van der Waals surface area contributed by atoms with Gasteiger partial charge in [-0.1, -0.05) is 0 Å². The second kappa shape index (κ2) is 6.98. The van der Waals surface area contributed by atoms with Crippen molar-refractivity contribution < 1.29 is 14.7 Å². The molecule has 9 heteroatoms. The standard InChI is InChI=1S/C12H14N6O3/c19-11(20)9-4-3-8(6-14-9)17-12(21)13-5-1-2-10-15-7-16-18-10/h3-4,6-7H,1-2,5H2,(H,19,20)(H2,13,17,21)(H,15,16,18). The van der Waals surface area contributed by atoms with E-state index in [0.717, 1.165) is 12.2 Å². The Morgan fingerprint density at radius 2 is 2.14 bits per heavy atom. The lowest BCUT2D eigenvalue weighted by Gasteiger charge is -2.07. The van der Waals surface area contributed by atoms with Crippen LogP contribution in [0.4, 0.5) is 10.5 Å². The molecule has 0 aliphatic rings. The first-order chi connectivity index (χ1) is 10.1. The molecular weight excluding hydrogens is 276 g/mol. The molecule has 110 valence electrons. The molecule has 2 heterocycles. The van der Waals surface area contributed by atoms with Crippen molar-refractivity contribution in [2.75, 3.05) is 11.9 Å². The molecule has 0 bridgehead atoms. The summed E-state index contributed by atoms with van der Waals surface area (Å²) < 4.78 is 0. The Hall–Kier alpha value is -2.97. The molecule has 0 saturated heterocycles. The molecule has 21 heavy (non-hydrogen) atoms. The fourth-order valence-corrected chi connectivity index (χ4v) is 1.58. The van der Waals surface area contributed by atoms with Gasteiger partial charge in [0.05, 0.1) is 11.9 Å². The van der Waals surface area contributed by atoms with E-state index >= 15 is 0 Å². The maximum atomic E-state index is 11.6. The van der Waals surface area contributed by atoms with E-state index in [2.05, 4.69) is 30.8 Å². The summed E-state index contributed by atoms with van der Waals surface area (Å²) in [6.45, 7) is 0.479. The zero-order chi connectivity index (χ0) is 15.1. The van der Waals surface area contributed by atoms with Crippen LogP contribution < -0.4 is 10.6 Å². The quantitative estimate of drug-likeness (QED) is 0.577. The van der Waals surface area contributed by atoms with Crippen LogP contribution in [-0.2, 0) is 6.42 Å². The molecule has 0 fully saturated rings. The SMILES string of the molecule is O=C(NCCCc1ncn[nH]1)Nc1ccc(C(=O)O)nc1. The number of hydrogen-bond acceptors (Lipinski definition) is 5. The van der Waals surface area contributed by atoms with Crippen LogP contribution in [0.25, 0.3) is 0 Å². The first kappa shape index (κ1) is 14.4. The summed E-state index contributed by atoms with van der Waals surface area (Å²) in [6.07, 6.45) is 4.13. The predicted octanol–water partition coefficient (Wildman–Crippen LogP) is 0.652. The number of carboxylic acid groups (broad SMARTS) is 1. The molecule has 0 atom stereocenters. The highest BCUT2D eigenvalue weighted by molar-refractivity contribution is 5.90. The van der Waals surface area contributed by atoms with Crippen molar-refractivity contribution in [2.24, 2.45) is 0 Å². The first-order valence-corrected chi connectivity index (χ1v) is 6.23. The highest BCUT2D eigenvalue weighted by Crippen LogP contribution is 2.05. The largest absolute Gasteiger partial charge is 0.477 e. The number of pyridine rings is 1. The van der Waals surface area contributed by atoms with Crippen molar-refractivity contribution in [3.8, 4) is 0 Å². The zero-order valence-electron chi connectivity index (χ0n) is 11.0. The van der Waals surface area contributed by atoms with Crippen LogP contribution in [0.2, 0.25) is 0 Å². The number of nitrogens with one attached hydrogen (secondary N) is 3. The number of H-pyrrole nitrogens is 1. The van der Waals surface area contributed by atoms with Crippen molar-refractivity contribution in [1.82, 2.24) is 25.5 Å². The zero-order valence-corrected chi connectivity index (χ0v) is 11.0. The Kier molecular flexibility index (Phi) is 4.80. The monoisotopic (exact) mass is 290 g/mol. The third-order valence-corrected chi connectivity index (χ3v) is 2.58. The topological polar surface area (TPSA) is 133 Å². The minimum Gasteiger partial charge on any atom is -0.477 e. The van der Waals surface area contributed by atoms with Crippen LogP contribution in [0.5, 0.6) is 0 Å². The number of amides is 2. The van der Waals surface area contributed by atoms with Gasteiger partial charge in [0.25, 0.3) is 0 Å². The average Bonchev–Trinajstić information content (AvgIpc) is 2.97. The molecule has 0 radical (unpaired) electrons. The van der Waals surface area contributed by atoms with Crippen LogP contribution in [0.1, 0.15) is 22.7 Å². The van der Waals surface area contributed by atoms with Crippen molar-refractivity contribution in [2.45, 2.75) is 12.8 Å². The lowest BCUT2D eigenvalue weighted by molar-refractivity contribution is 0.0690. The van der Waals surface area contributed by atoms with Gasteiger partial charge in [0.15, 0.2) is 0 Å². The Morgan fingerprint density at radius 1 is 1.29 bits per heavy atom. The van der Waals surface area contributed by atoms with Gasteiger partial charge in [0.1, 0.15) is 17.8 Å². The third kappa shape index (κ3) is 4.56. The van der Waals surface area contributed by atoms with Crippen molar-refractivity contribution in [1.29, 1.82) is 0 Å². The molecule has 2 aromatic heterocycles. The van der Waals surface area contributed by atoms with Gasteiger partial charge >= 0.3 is 12.0 Å². The fraction of sp³-hybridized carbons (Fsp3) is 0.250. The van der Waals surface area contributed by atoms with Crippen molar-refractivity contribution >= 4 is 17.7 Å². The number of aryl methyl sites for hydroxylation is 1. The fourth-order valence-electron chi connectivity index (χ4n) is 1.58. The number of carboxylic acids is 1. The molecular formula is C12H14N6O3. The molecule has 0 unspecified atom stereocenters. The molecule has 2 aromatic rings. The molecule has 4 N–H and O–H groups in total. The number of aromatic carboxylic acids is 1. The maximum Gasteiger partial charge on any atom is 0.354 e. The molecule has 2 amide bonds. The minimum absolute atomic E-state index is 0.0759. The Morgan fingerprint density at radius 3 is 2.76 bits per heavy atom. The Bertz CT molecular complexity index is 596. The number of hydrogen-bond donors (Lipinski definition) is 4. The second-order valence-electron chi connectivity index (χ2n) is 4.15. The lowest BCUT2D eigenvalue weighted by atomic mass is 10.3. The van der Waals surface area contributed by atoms with E-state index in [9.17, 15) is 9.59 Å². The average molecular weight is 290 g/mol. The minimum atomic E-state index is -1.11. The number of carbonyl (C=O) groups is 2. The summed E-state index contributed by atoms with van der Waals surface area (Å²) in [5.74, 6) is -0.343. The Balaban J connectivity index is 1.70. The van der Waals surface area contributed by atoms with Gasteiger partial charge in [-0.15, -0.1) is 0 Å². The van der Waals surface area contributed by atoms with Crippen LogP contribution >= 0.6 is 0 Å². The lowest BCUT2D eigenvalue weighted by Crippen LogP contribution is -2.29. The number of aromatic amines is 1. The van der Waals surface area contributed by atoms with Crippen molar-refractivity contribution in [3.63, 3.8) is 0 Å². The summed E-state index contributed by atoms with van der Waals surface area (Å²) in [5, 5.41) is 20.4. The maximum absolute atomic E-state index is 11.6. The van der Waals surface area contributed by atoms with E-state index in [1.807, 2.05) is 0 Å². The van der Waals surface area contributed by atoms with Gasteiger partial charge in [-0.05, 0) is 18.6 Å². The smallest absolute Gasteiger partial charge is 0.354 e. The van der Waals surface area contributed by atoms with Gasteiger partial charge in [0, 0.05) is 13.0 Å². The van der Waals surface area contributed by atoms with Gasteiger partial charge in [0.2, 0.25) is 0 Å². The van der Waals surface area contributed by atoms with E-state index in [0.29, 0.717) is 18.7 Å². The molecule has 0 aromatic carbocycles. The molecule has 9 nitrogen and oxygen atoms in total. The summed E-state index contributed by atoms with van der Waals surface area (Å²) in [4.78, 5) is 29.9. The van der Waals surface area contributed by atoms with Crippen LogP contribution in [0.3, 0.4) is 0 Å². The van der Waals surface area contributed by atoms with Crippen LogP contribution in [-0.4, -0.2) is 43.8 Å². The van der Waals surface area contributed by atoms with E-state index < -0.39 is 5.97 Å². The predicted molar refractivity (Wildman–Crippen MR) is 72.9 cm³/mol. The van der Waals surface area contributed by atoms with Crippen LogP contribution in [0, 0.1) is 0 Å². The molecule has 0 saturated carbocycles. The van der Waals surface area contributed by atoms with E-state index in [1.165, 1.54) is 24.7 Å². The highest BCUT2D eigenvalue weighted by Gasteiger charge is 2.05. The van der Waals surface area contributed by atoms with E-state index in [1.54, 1.807) is 0 Å². The van der Waals surface area contributed by atoms with Gasteiger partial charge in [-0.25, -0.2) is 19.6 Å². The summed E-state index contributed by atoms with van der Waals surface area (Å²) in [6, 6.07) is 2.42. The number of aromatic nitrogens is 4. The van der Waals surface area contributed by atoms with Gasteiger partial charge < -0.3 is 15.7 Å². The highest BCUT2D eigenvalue weighted by atomic mass is 16.4. The second-order valence-corrected chi connectivity index (χ2v) is 4.15. The summed E-state index contributed by atoms with van der Waals surface area (Å²) >= 11 is 0. The molecule has 0 aliphatic heterocycles. The Labute approximate surface area is 119 Å². The van der Waals surface area contributed by atoms with Gasteiger partial charge in [-0.3, -0.25) is 5.10 Å². The normalized spacial score (nSPS) is 10.1. The summed E-state index contributed by atoms with van der Waals surface area (Å²) in [5.41, 5.74) is 0.348. The van der Waals surface area contributed by atoms with Crippen molar-refractivity contribution in [3.05, 3.63) is 36.2 Å². The number of carbonyl (C=O) groups excluding carboxylic acids is 1. The number of urea groups is 1. The number of nitrogens with zero attached hydrogens (tertiary/aromatic N) is 3. The van der Waals surface area contributed by atoms with E-state index in [-0.39, 0.29) is 11.7 Å². The summed E-state index contributed by atoms with van der Waals surface area (Å²) in [7, 11) is 0. The number of rotatable bonds is 6. The van der Waals surface area contributed by atoms with Crippen LogP contribution in [0.15, 0.2) is 24.7 Å². The molecule has 0 spiro atoms. The first-order valence-electron chi connectivity index (χ1n) is 6.23. The van der Waals surface area contributed by atoms with E-state index in [4.69, 9.17) is 5.11 Å². The number of anilines is 1. The van der Waals surface area contributed by atoms with Gasteiger partial charge in [-0.2, -0.15) is 5.10 Å².